The van der Waals surface area contributed by atoms with Gasteiger partial charge in [0.2, 0.25) is 11.1 Å². The highest BCUT2D eigenvalue weighted by atomic mass is 32.2. The largest absolute Gasteiger partial charge is 0.494 e. The first-order chi connectivity index (χ1) is 18.1. The molecule has 1 aliphatic heterocycles. The lowest BCUT2D eigenvalue weighted by molar-refractivity contribution is -0.113. The second-order valence-electron chi connectivity index (χ2n) is 8.74. The molecule has 37 heavy (non-hydrogen) atoms. The molecule has 3 aromatic carbocycles. The summed E-state index contributed by atoms with van der Waals surface area (Å²) in [5.74, 6) is 1.98. The average Bonchev–Trinajstić information content (AvgIpc) is 3.33. The smallest absolute Gasteiger partial charge is 0.255 e. The summed E-state index contributed by atoms with van der Waals surface area (Å²) in [5, 5.41) is 11.8. The highest BCUT2D eigenvalue weighted by Crippen LogP contribution is 2.37. The molecule has 188 valence electrons. The fourth-order valence-electron chi connectivity index (χ4n) is 4.20. The second-order valence-corrected chi connectivity index (χ2v) is 9.68. The van der Waals surface area contributed by atoms with Crippen molar-refractivity contribution >= 4 is 29.3 Å². The van der Waals surface area contributed by atoms with E-state index < -0.39 is 6.04 Å². The molecular formula is C29H29N5O2S. The average molecular weight is 512 g/mol. The standard InChI is InChI=1S/C29H29N5O2S/c1-3-18-36-24-16-14-22(15-17-24)26-25(27(35)31-23-12-8-5-9-13-23)20(2)30-28-32-29(33-34(26)28)37-19-21-10-6-4-7-11-21/h4-17,26H,3,18-19H2,1-2H3,(H,31,35)(H,30,32,33). The summed E-state index contributed by atoms with van der Waals surface area (Å²) in [6, 6.07) is 27.1. The van der Waals surface area contributed by atoms with Crippen LogP contribution < -0.4 is 15.4 Å². The summed E-state index contributed by atoms with van der Waals surface area (Å²) in [4.78, 5) is 18.3. The van der Waals surface area contributed by atoms with Crippen molar-refractivity contribution < 1.29 is 9.53 Å². The van der Waals surface area contributed by atoms with Gasteiger partial charge in [0.05, 0.1) is 12.2 Å². The molecule has 1 aromatic heterocycles. The molecule has 4 aromatic rings. The Morgan fingerprint density at radius 3 is 2.43 bits per heavy atom. The minimum atomic E-state index is -0.446. The first-order valence-electron chi connectivity index (χ1n) is 12.3. The molecule has 1 aliphatic rings. The number of anilines is 2. The minimum absolute atomic E-state index is 0.188. The van der Waals surface area contributed by atoms with E-state index in [4.69, 9.17) is 14.8 Å². The summed E-state index contributed by atoms with van der Waals surface area (Å²) < 4.78 is 7.59. The lowest BCUT2D eigenvalue weighted by Gasteiger charge is -2.28. The van der Waals surface area contributed by atoms with E-state index in [9.17, 15) is 4.79 Å². The maximum atomic E-state index is 13.6. The summed E-state index contributed by atoms with van der Waals surface area (Å²) in [7, 11) is 0. The second kappa shape index (κ2) is 11.3. The van der Waals surface area contributed by atoms with E-state index in [2.05, 4.69) is 29.7 Å². The van der Waals surface area contributed by atoms with Crippen LogP contribution in [-0.4, -0.2) is 27.3 Å². The number of allylic oxidation sites excluding steroid dienone is 1. The Kier molecular flexibility index (Phi) is 7.56. The molecule has 0 spiro atoms. The fourth-order valence-corrected chi connectivity index (χ4v) is 4.99. The molecule has 0 fully saturated rings. The Bertz CT molecular complexity index is 1390. The molecule has 0 aliphatic carbocycles. The number of amides is 1. The van der Waals surface area contributed by atoms with Crippen molar-refractivity contribution in [3.63, 3.8) is 0 Å². The number of benzene rings is 3. The Morgan fingerprint density at radius 2 is 1.73 bits per heavy atom. The zero-order valence-electron chi connectivity index (χ0n) is 20.8. The number of hydrogen-bond acceptors (Lipinski definition) is 6. The molecule has 2 heterocycles. The third-order valence-corrected chi connectivity index (χ3v) is 6.90. The van der Waals surface area contributed by atoms with Crippen LogP contribution in [0.5, 0.6) is 5.75 Å². The van der Waals surface area contributed by atoms with Crippen LogP contribution >= 0.6 is 11.8 Å². The van der Waals surface area contributed by atoms with Crippen molar-refractivity contribution in [3.05, 3.63) is 107 Å². The Labute approximate surface area is 221 Å². The molecule has 5 rings (SSSR count). The summed E-state index contributed by atoms with van der Waals surface area (Å²) >= 11 is 1.57. The molecule has 8 heteroatoms. The lowest BCUT2D eigenvalue weighted by Crippen LogP contribution is -2.31. The highest BCUT2D eigenvalue weighted by molar-refractivity contribution is 7.98. The van der Waals surface area contributed by atoms with Gasteiger partial charge < -0.3 is 15.4 Å². The van der Waals surface area contributed by atoms with E-state index in [-0.39, 0.29) is 5.91 Å². The Morgan fingerprint density at radius 1 is 1.03 bits per heavy atom. The van der Waals surface area contributed by atoms with E-state index in [1.165, 1.54) is 5.56 Å². The third kappa shape index (κ3) is 5.70. The van der Waals surface area contributed by atoms with E-state index in [0.717, 1.165) is 34.9 Å². The number of carbonyl (C=O) groups is 1. The molecule has 1 amide bonds. The van der Waals surface area contributed by atoms with Crippen molar-refractivity contribution in [1.82, 2.24) is 14.8 Å². The SMILES string of the molecule is CCCOc1ccc(C2C(C(=O)Nc3ccccc3)=C(C)Nc3nc(SCc4ccccc4)nn32)cc1. The molecule has 7 nitrogen and oxygen atoms in total. The van der Waals surface area contributed by atoms with Crippen LogP contribution in [0.4, 0.5) is 11.6 Å². The van der Waals surface area contributed by atoms with Crippen molar-refractivity contribution in [2.45, 2.75) is 37.2 Å². The van der Waals surface area contributed by atoms with Gasteiger partial charge in [0.15, 0.2) is 0 Å². The molecule has 0 radical (unpaired) electrons. The van der Waals surface area contributed by atoms with E-state index in [1.54, 1.807) is 11.8 Å². The van der Waals surface area contributed by atoms with Crippen molar-refractivity contribution in [1.29, 1.82) is 0 Å². The van der Waals surface area contributed by atoms with Crippen LogP contribution in [0.25, 0.3) is 0 Å². The number of para-hydroxylation sites is 1. The zero-order chi connectivity index (χ0) is 25.6. The van der Waals surface area contributed by atoms with Crippen LogP contribution in [0, 0.1) is 0 Å². The molecular weight excluding hydrogens is 482 g/mol. The summed E-state index contributed by atoms with van der Waals surface area (Å²) in [6.07, 6.45) is 0.938. The molecule has 1 atom stereocenters. The lowest BCUT2D eigenvalue weighted by atomic mass is 9.95. The van der Waals surface area contributed by atoms with Crippen LogP contribution in [-0.2, 0) is 10.5 Å². The fraction of sp³-hybridized carbons (Fsp3) is 0.207. The maximum absolute atomic E-state index is 13.6. The predicted octanol–water partition coefficient (Wildman–Crippen LogP) is 6.29. The van der Waals surface area contributed by atoms with Gasteiger partial charge in [0.25, 0.3) is 5.91 Å². The van der Waals surface area contributed by atoms with Gasteiger partial charge in [-0.05, 0) is 48.7 Å². The Balaban J connectivity index is 1.48. The molecule has 2 N–H and O–H groups in total. The van der Waals surface area contributed by atoms with Gasteiger partial charge in [-0.25, -0.2) is 4.68 Å². The van der Waals surface area contributed by atoms with Crippen LogP contribution in [0.1, 0.15) is 37.4 Å². The van der Waals surface area contributed by atoms with Crippen molar-refractivity contribution in [2.24, 2.45) is 0 Å². The molecule has 0 bridgehead atoms. The summed E-state index contributed by atoms with van der Waals surface area (Å²) in [5.41, 5.74) is 4.18. The van der Waals surface area contributed by atoms with Crippen LogP contribution in [0.15, 0.2) is 101 Å². The summed E-state index contributed by atoms with van der Waals surface area (Å²) in [6.45, 7) is 4.64. The number of thioether (sulfide) groups is 1. The van der Waals surface area contributed by atoms with Crippen LogP contribution in [0.2, 0.25) is 0 Å². The van der Waals surface area contributed by atoms with E-state index in [1.807, 2.05) is 84.4 Å². The molecule has 0 saturated heterocycles. The topological polar surface area (TPSA) is 81.1 Å². The number of hydrogen-bond donors (Lipinski definition) is 2. The Hall–Kier alpha value is -4.04. The number of rotatable bonds is 9. The number of aromatic nitrogens is 3. The quantitative estimate of drug-likeness (QED) is 0.257. The first-order valence-corrected chi connectivity index (χ1v) is 13.3. The van der Waals surface area contributed by atoms with Gasteiger partial charge >= 0.3 is 0 Å². The first kappa shape index (κ1) is 24.6. The highest BCUT2D eigenvalue weighted by Gasteiger charge is 2.34. The number of nitrogens with zero attached hydrogens (tertiary/aromatic N) is 3. The van der Waals surface area contributed by atoms with Gasteiger partial charge in [0.1, 0.15) is 11.8 Å². The van der Waals surface area contributed by atoms with Gasteiger partial charge in [-0.2, -0.15) is 4.98 Å². The zero-order valence-corrected chi connectivity index (χ0v) is 21.7. The number of ether oxygens (including phenoxy) is 1. The normalized spacial score (nSPS) is 14.6. The monoisotopic (exact) mass is 511 g/mol. The van der Waals surface area contributed by atoms with Crippen molar-refractivity contribution in [2.75, 3.05) is 17.2 Å². The maximum Gasteiger partial charge on any atom is 0.255 e. The number of carbonyl (C=O) groups excluding carboxylic acids is 1. The minimum Gasteiger partial charge on any atom is -0.494 e. The predicted molar refractivity (Wildman–Crippen MR) is 148 cm³/mol. The third-order valence-electron chi connectivity index (χ3n) is 5.99. The van der Waals surface area contributed by atoms with Crippen LogP contribution in [0.3, 0.4) is 0 Å². The van der Waals surface area contributed by atoms with E-state index >= 15 is 0 Å². The van der Waals surface area contributed by atoms with Gasteiger partial charge in [-0.3, -0.25) is 4.79 Å². The number of nitrogens with one attached hydrogen (secondary N) is 2. The van der Waals surface area contributed by atoms with Gasteiger partial charge in [-0.1, -0.05) is 79.3 Å². The molecule has 0 saturated carbocycles. The number of fused-ring (bicyclic) bond motifs is 1. The van der Waals surface area contributed by atoms with Crippen molar-refractivity contribution in [3.8, 4) is 5.75 Å². The van der Waals surface area contributed by atoms with Gasteiger partial charge in [-0.15, -0.1) is 5.10 Å². The van der Waals surface area contributed by atoms with Gasteiger partial charge in [0, 0.05) is 17.1 Å². The molecule has 1 unspecified atom stereocenters. The van der Waals surface area contributed by atoms with E-state index in [0.29, 0.717) is 23.3 Å².